The van der Waals surface area contributed by atoms with E-state index in [9.17, 15) is 8.78 Å². The van der Waals surface area contributed by atoms with E-state index in [4.69, 9.17) is 5.73 Å². The second kappa shape index (κ2) is 6.13. The molecule has 0 aliphatic rings. The van der Waals surface area contributed by atoms with Gasteiger partial charge in [0.05, 0.1) is 24.2 Å². The average molecular weight is 217 g/mol. The lowest BCUT2D eigenvalue weighted by molar-refractivity contribution is 0.0215. The van der Waals surface area contributed by atoms with E-state index in [0.29, 0.717) is 12.2 Å². The van der Waals surface area contributed by atoms with E-state index in [0.717, 1.165) is 5.69 Å². The Morgan fingerprint density at radius 1 is 1.47 bits per heavy atom. The predicted molar refractivity (Wildman–Crippen MR) is 54.0 cm³/mol. The van der Waals surface area contributed by atoms with Crippen molar-refractivity contribution in [2.75, 3.05) is 30.8 Å². The maximum absolute atomic E-state index is 11.7. The summed E-state index contributed by atoms with van der Waals surface area (Å²) >= 11 is 0. The summed E-state index contributed by atoms with van der Waals surface area (Å²) in [6.07, 6.45) is 0.709. The molecule has 0 atom stereocenters. The molecular weight excluding hydrogens is 204 g/mol. The fourth-order valence-corrected chi connectivity index (χ4v) is 0.994. The molecule has 0 aliphatic heterocycles. The summed E-state index contributed by atoms with van der Waals surface area (Å²) in [6.45, 7) is 0.133. The minimum Gasteiger partial charge on any atom is -0.397 e. The van der Waals surface area contributed by atoms with Gasteiger partial charge < -0.3 is 15.8 Å². The van der Waals surface area contributed by atoms with Crippen LogP contribution in [0.1, 0.15) is 0 Å². The van der Waals surface area contributed by atoms with Crippen molar-refractivity contribution in [3.05, 3.63) is 18.5 Å². The van der Waals surface area contributed by atoms with E-state index in [2.05, 4.69) is 15.0 Å². The van der Waals surface area contributed by atoms with Crippen LogP contribution in [0.3, 0.4) is 0 Å². The van der Waals surface area contributed by atoms with E-state index in [-0.39, 0.29) is 6.61 Å². The number of aromatic nitrogens is 1. The lowest BCUT2D eigenvalue weighted by atomic mass is 10.4. The van der Waals surface area contributed by atoms with Gasteiger partial charge in [0.15, 0.2) is 0 Å². The molecule has 0 aliphatic carbocycles. The number of halogens is 2. The fourth-order valence-electron chi connectivity index (χ4n) is 0.994. The molecule has 84 valence electrons. The summed E-state index contributed by atoms with van der Waals surface area (Å²) in [7, 11) is 0. The summed E-state index contributed by atoms with van der Waals surface area (Å²) < 4.78 is 28.0. The van der Waals surface area contributed by atoms with Crippen LogP contribution < -0.4 is 11.1 Å². The van der Waals surface area contributed by atoms with E-state index in [1.165, 1.54) is 6.20 Å². The summed E-state index contributed by atoms with van der Waals surface area (Å²) in [6, 6.07) is 1.71. The van der Waals surface area contributed by atoms with Crippen LogP contribution in [0, 0.1) is 0 Å². The van der Waals surface area contributed by atoms with Crippen molar-refractivity contribution >= 4 is 11.4 Å². The lowest BCUT2D eigenvalue weighted by Crippen LogP contribution is -2.13. The minimum atomic E-state index is -2.42. The Hall–Kier alpha value is -1.43. The molecule has 0 radical (unpaired) electrons. The van der Waals surface area contributed by atoms with Crippen LogP contribution in [0.2, 0.25) is 0 Å². The number of nitrogens with one attached hydrogen (secondary N) is 1. The number of hydrogen-bond acceptors (Lipinski definition) is 4. The predicted octanol–water partition coefficient (Wildman–Crippen LogP) is 1.36. The van der Waals surface area contributed by atoms with Crippen molar-refractivity contribution < 1.29 is 13.5 Å². The number of alkyl halides is 2. The van der Waals surface area contributed by atoms with E-state index >= 15 is 0 Å². The van der Waals surface area contributed by atoms with Crippen LogP contribution in [0.25, 0.3) is 0 Å². The number of nitrogen functional groups attached to an aromatic ring is 1. The number of nitrogens with two attached hydrogens (primary N) is 1. The molecule has 0 saturated heterocycles. The molecule has 0 aromatic carbocycles. The highest BCUT2D eigenvalue weighted by atomic mass is 19.3. The second-order valence-electron chi connectivity index (χ2n) is 2.90. The van der Waals surface area contributed by atoms with Gasteiger partial charge >= 0.3 is 0 Å². The normalized spacial score (nSPS) is 10.6. The van der Waals surface area contributed by atoms with E-state index in [1.54, 1.807) is 12.3 Å². The van der Waals surface area contributed by atoms with Gasteiger partial charge in [-0.05, 0) is 6.07 Å². The zero-order valence-electron chi connectivity index (χ0n) is 8.12. The Labute approximate surface area is 86.4 Å². The molecule has 0 fully saturated rings. The topological polar surface area (TPSA) is 60.2 Å². The molecule has 1 rings (SSSR count). The van der Waals surface area contributed by atoms with Crippen molar-refractivity contribution in [2.45, 2.75) is 6.43 Å². The monoisotopic (exact) mass is 217 g/mol. The lowest BCUT2D eigenvalue weighted by Gasteiger charge is -2.06. The average Bonchev–Trinajstić information content (AvgIpc) is 2.17. The largest absolute Gasteiger partial charge is 0.397 e. The first-order valence-electron chi connectivity index (χ1n) is 4.49. The third kappa shape index (κ3) is 5.11. The van der Waals surface area contributed by atoms with Crippen molar-refractivity contribution in [2.24, 2.45) is 0 Å². The van der Waals surface area contributed by atoms with Crippen molar-refractivity contribution in [3.8, 4) is 0 Å². The maximum atomic E-state index is 11.7. The van der Waals surface area contributed by atoms with Crippen molar-refractivity contribution in [1.82, 2.24) is 4.98 Å². The molecule has 0 bridgehead atoms. The fraction of sp³-hybridized carbons (Fsp3) is 0.444. The highest BCUT2D eigenvalue weighted by Crippen LogP contribution is 2.08. The molecule has 0 spiro atoms. The molecule has 4 nitrogen and oxygen atoms in total. The summed E-state index contributed by atoms with van der Waals surface area (Å²) in [4.78, 5) is 3.86. The SMILES string of the molecule is Nc1cncc(NCCOCC(F)F)c1. The molecule has 1 aromatic heterocycles. The number of ether oxygens (including phenoxy) is 1. The Balaban J connectivity index is 2.15. The molecule has 0 unspecified atom stereocenters. The van der Waals surface area contributed by atoms with Crippen molar-refractivity contribution in [3.63, 3.8) is 0 Å². The minimum absolute atomic E-state index is 0.221. The Bertz CT molecular complexity index is 296. The molecule has 15 heavy (non-hydrogen) atoms. The quantitative estimate of drug-likeness (QED) is 0.706. The van der Waals surface area contributed by atoms with Crippen LogP contribution in [-0.4, -0.2) is 31.2 Å². The number of rotatable bonds is 6. The number of nitrogens with zero attached hydrogens (tertiary/aromatic N) is 1. The first-order chi connectivity index (χ1) is 7.18. The molecule has 1 aromatic rings. The van der Waals surface area contributed by atoms with Gasteiger partial charge in [-0.3, -0.25) is 4.98 Å². The Morgan fingerprint density at radius 2 is 2.27 bits per heavy atom. The molecule has 3 N–H and O–H groups in total. The van der Waals surface area contributed by atoms with Gasteiger partial charge in [-0.15, -0.1) is 0 Å². The van der Waals surface area contributed by atoms with Gasteiger partial charge in [0.25, 0.3) is 6.43 Å². The van der Waals surface area contributed by atoms with Gasteiger partial charge in [-0.1, -0.05) is 0 Å². The summed E-state index contributed by atoms with van der Waals surface area (Å²) in [5.41, 5.74) is 6.79. The molecule has 6 heteroatoms. The number of anilines is 2. The van der Waals surface area contributed by atoms with Crippen LogP contribution in [0.5, 0.6) is 0 Å². The first-order valence-corrected chi connectivity index (χ1v) is 4.49. The first kappa shape index (κ1) is 11.6. The Morgan fingerprint density at radius 3 is 2.93 bits per heavy atom. The highest BCUT2D eigenvalue weighted by molar-refractivity contribution is 5.51. The summed E-state index contributed by atoms with van der Waals surface area (Å²) in [5, 5.41) is 2.95. The van der Waals surface area contributed by atoms with Crippen LogP contribution in [0.4, 0.5) is 20.2 Å². The Kier molecular flexibility index (Phi) is 4.76. The standard InChI is InChI=1S/C9H13F2N3O/c10-9(11)6-15-2-1-14-8-3-7(12)4-13-5-8/h3-5,9,14H,1-2,6,12H2. The van der Waals surface area contributed by atoms with E-state index < -0.39 is 13.0 Å². The molecular formula is C9H13F2N3O. The van der Waals surface area contributed by atoms with Crippen LogP contribution >= 0.6 is 0 Å². The van der Waals surface area contributed by atoms with Gasteiger partial charge in [-0.2, -0.15) is 0 Å². The second-order valence-corrected chi connectivity index (χ2v) is 2.90. The molecule has 1 heterocycles. The van der Waals surface area contributed by atoms with Gasteiger partial charge in [0.1, 0.15) is 6.61 Å². The third-order valence-electron chi connectivity index (χ3n) is 1.58. The zero-order valence-corrected chi connectivity index (χ0v) is 8.12. The number of hydrogen-bond donors (Lipinski definition) is 2. The van der Waals surface area contributed by atoms with Crippen LogP contribution in [0.15, 0.2) is 18.5 Å². The maximum Gasteiger partial charge on any atom is 0.261 e. The van der Waals surface area contributed by atoms with Crippen LogP contribution in [-0.2, 0) is 4.74 Å². The van der Waals surface area contributed by atoms with Gasteiger partial charge in [0, 0.05) is 12.7 Å². The molecule has 0 amide bonds. The van der Waals surface area contributed by atoms with Gasteiger partial charge in [-0.25, -0.2) is 8.78 Å². The van der Waals surface area contributed by atoms with Gasteiger partial charge in [0.2, 0.25) is 0 Å². The summed E-state index contributed by atoms with van der Waals surface area (Å²) in [5.74, 6) is 0. The molecule has 0 saturated carbocycles. The highest BCUT2D eigenvalue weighted by Gasteiger charge is 2.00. The zero-order chi connectivity index (χ0) is 11.1. The van der Waals surface area contributed by atoms with Crippen molar-refractivity contribution in [1.29, 1.82) is 0 Å². The number of pyridine rings is 1. The van der Waals surface area contributed by atoms with E-state index in [1.807, 2.05) is 0 Å². The smallest absolute Gasteiger partial charge is 0.261 e. The third-order valence-corrected chi connectivity index (χ3v) is 1.58.